The van der Waals surface area contributed by atoms with Gasteiger partial charge in [0.25, 0.3) is 0 Å². The van der Waals surface area contributed by atoms with Crippen molar-refractivity contribution >= 4 is 5.82 Å². The highest BCUT2D eigenvalue weighted by atomic mass is 19.1. The van der Waals surface area contributed by atoms with Gasteiger partial charge in [-0.2, -0.15) is 0 Å². The van der Waals surface area contributed by atoms with Crippen molar-refractivity contribution in [3.8, 4) is 0 Å². The highest BCUT2D eigenvalue weighted by molar-refractivity contribution is 5.43. The van der Waals surface area contributed by atoms with Crippen molar-refractivity contribution in [1.82, 2.24) is 4.98 Å². The third kappa shape index (κ3) is 1.67. The van der Waals surface area contributed by atoms with Crippen LogP contribution in [0.1, 0.15) is 20.8 Å². The summed E-state index contributed by atoms with van der Waals surface area (Å²) in [6, 6.07) is 2.96. The van der Waals surface area contributed by atoms with Crippen LogP contribution in [0, 0.1) is 11.2 Å². The SMILES string of the molecule is CC1(C)CN(c2ncccc2F)C[C@@]1(C)O. The van der Waals surface area contributed by atoms with Gasteiger partial charge < -0.3 is 10.0 Å². The molecule has 0 radical (unpaired) electrons. The van der Waals surface area contributed by atoms with E-state index in [2.05, 4.69) is 4.98 Å². The molecule has 2 rings (SSSR count). The molecule has 1 aliphatic rings. The van der Waals surface area contributed by atoms with Crippen LogP contribution < -0.4 is 4.90 Å². The first-order valence-electron chi connectivity index (χ1n) is 5.41. The second kappa shape index (κ2) is 3.42. The second-order valence-corrected chi connectivity index (χ2v) is 5.32. The monoisotopic (exact) mass is 224 g/mol. The van der Waals surface area contributed by atoms with Crippen LogP contribution in [0.2, 0.25) is 0 Å². The highest BCUT2D eigenvalue weighted by Crippen LogP contribution is 2.40. The van der Waals surface area contributed by atoms with Crippen LogP contribution in [0.25, 0.3) is 0 Å². The Morgan fingerprint density at radius 1 is 1.38 bits per heavy atom. The van der Waals surface area contributed by atoms with E-state index in [0.29, 0.717) is 18.9 Å². The number of aromatic nitrogens is 1. The lowest BCUT2D eigenvalue weighted by Crippen LogP contribution is -2.40. The summed E-state index contributed by atoms with van der Waals surface area (Å²) in [5.74, 6) is -0.00986. The molecule has 0 spiro atoms. The summed E-state index contributed by atoms with van der Waals surface area (Å²) >= 11 is 0. The topological polar surface area (TPSA) is 36.4 Å². The van der Waals surface area contributed by atoms with Gasteiger partial charge in [-0.15, -0.1) is 0 Å². The molecule has 1 N–H and O–H groups in total. The van der Waals surface area contributed by atoms with Gasteiger partial charge in [0.05, 0.1) is 5.60 Å². The maximum Gasteiger partial charge on any atom is 0.165 e. The Hall–Kier alpha value is -1.16. The molecule has 16 heavy (non-hydrogen) atoms. The van der Waals surface area contributed by atoms with Crippen molar-refractivity contribution in [1.29, 1.82) is 0 Å². The number of hydrogen-bond acceptors (Lipinski definition) is 3. The van der Waals surface area contributed by atoms with Gasteiger partial charge in [-0.05, 0) is 19.1 Å². The maximum atomic E-state index is 13.6. The molecule has 0 unspecified atom stereocenters. The Bertz CT molecular complexity index is 388. The fraction of sp³-hybridized carbons (Fsp3) is 0.583. The van der Waals surface area contributed by atoms with Gasteiger partial charge in [0.15, 0.2) is 11.6 Å². The van der Waals surface area contributed by atoms with Crippen molar-refractivity contribution in [2.75, 3.05) is 18.0 Å². The quantitative estimate of drug-likeness (QED) is 0.790. The smallest absolute Gasteiger partial charge is 0.165 e. The summed E-state index contributed by atoms with van der Waals surface area (Å²) in [6.07, 6.45) is 1.57. The zero-order valence-corrected chi connectivity index (χ0v) is 9.87. The molecule has 1 aromatic heterocycles. The number of nitrogens with zero attached hydrogens (tertiary/aromatic N) is 2. The maximum absolute atomic E-state index is 13.6. The van der Waals surface area contributed by atoms with E-state index in [1.165, 1.54) is 6.07 Å². The number of anilines is 1. The first-order chi connectivity index (χ1) is 7.33. The highest BCUT2D eigenvalue weighted by Gasteiger charge is 2.48. The predicted octanol–water partition coefficient (Wildman–Crippen LogP) is 1.82. The Balaban J connectivity index is 2.31. The molecule has 88 valence electrons. The molecule has 2 heterocycles. The predicted molar refractivity (Wildman–Crippen MR) is 60.8 cm³/mol. The van der Waals surface area contributed by atoms with E-state index in [-0.39, 0.29) is 11.2 Å². The third-order valence-corrected chi connectivity index (χ3v) is 3.58. The number of pyridine rings is 1. The molecule has 4 heteroatoms. The summed E-state index contributed by atoms with van der Waals surface area (Å²) in [4.78, 5) is 5.83. The van der Waals surface area contributed by atoms with E-state index in [9.17, 15) is 9.50 Å². The van der Waals surface area contributed by atoms with Crippen molar-refractivity contribution in [3.05, 3.63) is 24.1 Å². The molecule has 0 aliphatic carbocycles. The molecule has 0 saturated carbocycles. The first-order valence-corrected chi connectivity index (χ1v) is 5.41. The fourth-order valence-electron chi connectivity index (χ4n) is 2.05. The van der Waals surface area contributed by atoms with Crippen molar-refractivity contribution in [3.63, 3.8) is 0 Å². The van der Waals surface area contributed by atoms with Gasteiger partial charge in [0.1, 0.15) is 0 Å². The van der Waals surface area contributed by atoms with E-state index >= 15 is 0 Å². The number of rotatable bonds is 1. The van der Waals surface area contributed by atoms with E-state index in [4.69, 9.17) is 0 Å². The van der Waals surface area contributed by atoms with Crippen LogP contribution in [0.4, 0.5) is 10.2 Å². The summed E-state index contributed by atoms with van der Waals surface area (Å²) in [7, 11) is 0. The van der Waals surface area contributed by atoms with E-state index in [0.717, 1.165) is 0 Å². The van der Waals surface area contributed by atoms with Crippen LogP contribution in [0.3, 0.4) is 0 Å². The lowest BCUT2D eigenvalue weighted by atomic mass is 9.79. The Morgan fingerprint density at radius 2 is 2.06 bits per heavy atom. The van der Waals surface area contributed by atoms with Crippen molar-refractivity contribution in [2.24, 2.45) is 5.41 Å². The zero-order valence-electron chi connectivity index (χ0n) is 9.87. The van der Waals surface area contributed by atoms with Crippen LogP contribution in [-0.2, 0) is 0 Å². The van der Waals surface area contributed by atoms with Crippen LogP contribution in [0.15, 0.2) is 18.3 Å². The van der Waals surface area contributed by atoms with E-state index in [1.54, 1.807) is 24.1 Å². The van der Waals surface area contributed by atoms with Crippen LogP contribution >= 0.6 is 0 Å². The Labute approximate surface area is 94.9 Å². The van der Waals surface area contributed by atoms with Gasteiger partial charge in [-0.25, -0.2) is 9.37 Å². The molecule has 1 aliphatic heterocycles. The lowest BCUT2D eigenvalue weighted by molar-refractivity contribution is -0.00891. The van der Waals surface area contributed by atoms with Gasteiger partial charge in [0, 0.05) is 24.7 Å². The standard InChI is InChI=1S/C12H17FN2O/c1-11(2)7-15(8-12(11,3)16)10-9(13)5-4-6-14-10/h4-6,16H,7-8H2,1-3H3/t12-/m1/s1. The molecule has 0 amide bonds. The van der Waals surface area contributed by atoms with Crippen molar-refractivity contribution in [2.45, 2.75) is 26.4 Å². The zero-order chi connectivity index (χ0) is 12.0. The third-order valence-electron chi connectivity index (χ3n) is 3.58. The molecule has 0 bridgehead atoms. The summed E-state index contributed by atoms with van der Waals surface area (Å²) in [6.45, 7) is 6.76. The Kier molecular flexibility index (Phi) is 2.42. The fourth-order valence-corrected chi connectivity index (χ4v) is 2.05. The molecular weight excluding hydrogens is 207 g/mol. The largest absolute Gasteiger partial charge is 0.388 e. The summed E-state index contributed by atoms with van der Waals surface area (Å²) < 4.78 is 13.6. The molecule has 1 saturated heterocycles. The second-order valence-electron chi connectivity index (χ2n) is 5.32. The molecule has 0 aromatic carbocycles. The van der Waals surface area contributed by atoms with Crippen molar-refractivity contribution < 1.29 is 9.50 Å². The van der Waals surface area contributed by atoms with Gasteiger partial charge in [-0.1, -0.05) is 13.8 Å². The summed E-state index contributed by atoms with van der Waals surface area (Å²) in [5.41, 5.74) is -1.09. The average molecular weight is 224 g/mol. The summed E-state index contributed by atoms with van der Waals surface area (Å²) in [5, 5.41) is 10.3. The number of aliphatic hydroxyl groups is 1. The van der Waals surface area contributed by atoms with Gasteiger partial charge >= 0.3 is 0 Å². The van der Waals surface area contributed by atoms with Crippen LogP contribution in [0.5, 0.6) is 0 Å². The molecule has 3 nitrogen and oxygen atoms in total. The number of β-amino-alcohol motifs (C(OH)–C–C–N with tert-alkyl or cyclic N) is 1. The lowest BCUT2D eigenvalue weighted by Gasteiger charge is -2.30. The number of halogens is 1. The van der Waals surface area contributed by atoms with Gasteiger partial charge in [0.2, 0.25) is 0 Å². The number of hydrogen-bond donors (Lipinski definition) is 1. The van der Waals surface area contributed by atoms with Crippen LogP contribution in [-0.4, -0.2) is 28.8 Å². The van der Waals surface area contributed by atoms with E-state index in [1.807, 2.05) is 13.8 Å². The first kappa shape index (κ1) is 11.3. The Morgan fingerprint density at radius 3 is 2.56 bits per heavy atom. The molecule has 1 atom stereocenters. The average Bonchev–Trinajstić information content (AvgIpc) is 2.36. The minimum Gasteiger partial charge on any atom is -0.388 e. The molecule has 1 aromatic rings. The van der Waals surface area contributed by atoms with E-state index < -0.39 is 5.60 Å². The normalized spacial score (nSPS) is 28.4. The minimum atomic E-state index is -0.822. The molecule has 1 fully saturated rings. The molecular formula is C12H17FN2O. The minimum absolute atomic E-state index is 0.267. The van der Waals surface area contributed by atoms with Gasteiger partial charge in [-0.3, -0.25) is 0 Å².